The molecule has 1 N–H and O–H groups in total. The number of ether oxygens (including phenoxy) is 2. The van der Waals surface area contributed by atoms with E-state index in [0.29, 0.717) is 28.0 Å². The Morgan fingerprint density at radius 3 is 2.49 bits per heavy atom. The lowest BCUT2D eigenvalue weighted by atomic mass is 9.95. The molecule has 10 nitrogen and oxygen atoms in total. The van der Waals surface area contributed by atoms with Crippen LogP contribution in [-0.2, 0) is 9.53 Å². The van der Waals surface area contributed by atoms with Crippen molar-refractivity contribution in [2.24, 2.45) is 0 Å². The Morgan fingerprint density at radius 1 is 1.13 bits per heavy atom. The maximum atomic E-state index is 13.9. The molecule has 3 heterocycles. The summed E-state index contributed by atoms with van der Waals surface area (Å²) in [5, 5.41) is 11.8. The molecule has 2 aromatic heterocycles. The molecule has 1 aliphatic heterocycles. The van der Waals surface area contributed by atoms with Gasteiger partial charge in [0.25, 0.3) is 5.91 Å². The molecule has 0 fully saturated rings. The van der Waals surface area contributed by atoms with Crippen LogP contribution in [0, 0.1) is 6.92 Å². The van der Waals surface area contributed by atoms with Crippen molar-refractivity contribution >= 4 is 50.8 Å². The second-order valence-electron chi connectivity index (χ2n) is 9.05. The van der Waals surface area contributed by atoms with E-state index in [-0.39, 0.29) is 21.3 Å². The number of aromatic nitrogens is 1. The number of methoxy groups -OCH3 is 2. The third-order valence-corrected chi connectivity index (χ3v) is 7.63. The number of carbonyl (C=O) groups excluding carboxylic acids is 3. The number of benzene rings is 2. The average Bonchev–Trinajstić information content (AvgIpc) is 3.61. The van der Waals surface area contributed by atoms with Crippen LogP contribution >= 0.6 is 11.3 Å². The zero-order valence-corrected chi connectivity index (χ0v) is 22.7. The van der Waals surface area contributed by atoms with E-state index in [4.69, 9.17) is 13.9 Å². The molecule has 0 aliphatic carbocycles. The van der Waals surface area contributed by atoms with Crippen LogP contribution in [0.25, 0.3) is 11.0 Å². The number of aliphatic hydroxyl groups excluding tert-OH is 1. The molecule has 4 aromatic rings. The lowest BCUT2D eigenvalue weighted by molar-refractivity contribution is -0.117. The van der Waals surface area contributed by atoms with E-state index >= 15 is 0 Å². The summed E-state index contributed by atoms with van der Waals surface area (Å²) < 4.78 is 16.0. The van der Waals surface area contributed by atoms with E-state index < -0.39 is 29.5 Å². The van der Waals surface area contributed by atoms with Gasteiger partial charge >= 0.3 is 5.97 Å². The zero-order chi connectivity index (χ0) is 28.0. The molecule has 0 saturated carbocycles. The fourth-order valence-electron chi connectivity index (χ4n) is 4.51. The Labute approximate surface area is 227 Å². The van der Waals surface area contributed by atoms with Gasteiger partial charge in [-0.05, 0) is 36.8 Å². The highest BCUT2D eigenvalue weighted by Gasteiger charge is 2.47. The number of ketones is 1. The quantitative estimate of drug-likeness (QED) is 0.256. The standard InChI is InChI=1S/C28H25N3O7S/c1-14-25(27(35)37-5)39-28(29-14)31-21(15-9-11-17(12-10-15)30(2)3)20(23(33)26(31)34)22(32)19-13-16-7-6-8-18(36-4)24(16)38-19/h6-13,21,33H,1-5H3/t21-/m0/s1. The molecule has 2 aromatic carbocycles. The Bertz CT molecular complexity index is 1650. The van der Waals surface area contributed by atoms with Crippen LogP contribution in [0.15, 0.2) is 64.3 Å². The maximum Gasteiger partial charge on any atom is 0.350 e. The Balaban J connectivity index is 1.66. The van der Waals surface area contributed by atoms with Gasteiger partial charge in [0.15, 0.2) is 28.0 Å². The van der Waals surface area contributed by atoms with Crippen LogP contribution in [0.2, 0.25) is 0 Å². The largest absolute Gasteiger partial charge is 0.503 e. The van der Waals surface area contributed by atoms with Crippen molar-refractivity contribution in [1.29, 1.82) is 0 Å². The molecule has 1 amide bonds. The Kier molecular flexibility index (Phi) is 6.61. The molecule has 0 saturated heterocycles. The first-order valence-electron chi connectivity index (χ1n) is 11.9. The van der Waals surface area contributed by atoms with Gasteiger partial charge in [0.2, 0.25) is 5.78 Å². The topological polar surface area (TPSA) is 122 Å². The predicted octanol–water partition coefficient (Wildman–Crippen LogP) is 4.84. The minimum absolute atomic E-state index is 0.0637. The minimum Gasteiger partial charge on any atom is -0.503 e. The fourth-order valence-corrected chi connectivity index (χ4v) is 5.53. The van der Waals surface area contributed by atoms with E-state index in [1.807, 2.05) is 31.1 Å². The summed E-state index contributed by atoms with van der Waals surface area (Å²) in [6.45, 7) is 1.62. The summed E-state index contributed by atoms with van der Waals surface area (Å²) >= 11 is 0.942. The van der Waals surface area contributed by atoms with Gasteiger partial charge < -0.3 is 23.9 Å². The van der Waals surface area contributed by atoms with Gasteiger partial charge in [-0.3, -0.25) is 14.5 Å². The molecular formula is C28H25N3O7S. The van der Waals surface area contributed by atoms with E-state index in [2.05, 4.69) is 4.98 Å². The predicted molar refractivity (Wildman–Crippen MR) is 146 cm³/mol. The number of fused-ring (bicyclic) bond motifs is 1. The molecule has 5 rings (SSSR count). The average molecular weight is 548 g/mol. The third kappa shape index (κ3) is 4.30. The highest BCUT2D eigenvalue weighted by molar-refractivity contribution is 7.17. The molecule has 1 aliphatic rings. The first-order chi connectivity index (χ1) is 18.7. The van der Waals surface area contributed by atoms with Crippen LogP contribution in [0.3, 0.4) is 0 Å². The molecule has 11 heteroatoms. The number of aryl methyl sites for hydroxylation is 1. The molecule has 200 valence electrons. The number of hydrogen-bond donors (Lipinski definition) is 1. The number of carbonyl (C=O) groups is 3. The number of para-hydroxylation sites is 1. The molecular weight excluding hydrogens is 522 g/mol. The second-order valence-corrected chi connectivity index (χ2v) is 10.0. The number of nitrogens with zero attached hydrogens (tertiary/aromatic N) is 3. The van der Waals surface area contributed by atoms with E-state index in [9.17, 15) is 19.5 Å². The fraction of sp³-hybridized carbons (Fsp3) is 0.214. The summed E-state index contributed by atoms with van der Waals surface area (Å²) in [5.74, 6) is -2.42. The van der Waals surface area contributed by atoms with Gasteiger partial charge in [0.1, 0.15) is 4.88 Å². The SMILES string of the molecule is COC(=O)c1sc(N2C(=O)C(O)=C(C(=O)c3cc4cccc(OC)c4o3)[C@@H]2c2ccc(N(C)C)cc2)nc1C. The number of esters is 1. The lowest BCUT2D eigenvalue weighted by Crippen LogP contribution is -2.31. The lowest BCUT2D eigenvalue weighted by Gasteiger charge is -2.25. The Morgan fingerprint density at radius 2 is 1.85 bits per heavy atom. The number of hydrogen-bond acceptors (Lipinski definition) is 10. The van der Waals surface area contributed by atoms with Crippen LogP contribution in [-0.4, -0.2) is 56.1 Å². The van der Waals surface area contributed by atoms with Crippen LogP contribution in [0.1, 0.15) is 37.5 Å². The van der Waals surface area contributed by atoms with Crippen molar-refractivity contribution in [3.05, 3.63) is 81.8 Å². The number of aliphatic hydroxyl groups is 1. The van der Waals surface area contributed by atoms with Gasteiger partial charge in [-0.1, -0.05) is 35.6 Å². The minimum atomic E-state index is -1.03. The summed E-state index contributed by atoms with van der Waals surface area (Å²) in [7, 11) is 6.53. The van der Waals surface area contributed by atoms with Gasteiger partial charge in [-0.15, -0.1) is 0 Å². The zero-order valence-electron chi connectivity index (χ0n) is 21.8. The molecule has 39 heavy (non-hydrogen) atoms. The smallest absolute Gasteiger partial charge is 0.350 e. The number of thiazole rings is 1. The highest BCUT2D eigenvalue weighted by Crippen LogP contribution is 2.44. The molecule has 0 spiro atoms. The molecule has 1 atom stereocenters. The second kappa shape index (κ2) is 9.91. The van der Waals surface area contributed by atoms with Crippen molar-refractivity contribution in [3.8, 4) is 5.75 Å². The van der Waals surface area contributed by atoms with Crippen molar-refractivity contribution in [1.82, 2.24) is 4.98 Å². The van der Waals surface area contributed by atoms with Crippen molar-refractivity contribution in [2.75, 3.05) is 38.1 Å². The summed E-state index contributed by atoms with van der Waals surface area (Å²) in [5.41, 5.74) is 2.03. The number of anilines is 2. The van der Waals surface area contributed by atoms with E-state index in [1.54, 1.807) is 43.3 Å². The molecule has 0 radical (unpaired) electrons. The summed E-state index contributed by atoms with van der Waals surface area (Å²) in [6, 6.07) is 13.0. The molecule has 0 unspecified atom stereocenters. The number of furan rings is 1. The number of amides is 1. The van der Waals surface area contributed by atoms with Crippen molar-refractivity contribution in [2.45, 2.75) is 13.0 Å². The van der Waals surface area contributed by atoms with Gasteiger partial charge in [0.05, 0.1) is 31.5 Å². The monoisotopic (exact) mass is 547 g/mol. The number of Topliss-reactive ketones (excluding diaryl/α,β-unsaturated/α-hetero) is 1. The van der Waals surface area contributed by atoms with Crippen molar-refractivity contribution < 1.29 is 33.4 Å². The molecule has 0 bridgehead atoms. The Hall–Kier alpha value is -4.64. The third-order valence-electron chi connectivity index (χ3n) is 6.49. The van der Waals surface area contributed by atoms with E-state index in [0.717, 1.165) is 17.0 Å². The van der Waals surface area contributed by atoms with Crippen LogP contribution in [0.4, 0.5) is 10.8 Å². The van der Waals surface area contributed by atoms with Gasteiger partial charge in [-0.2, -0.15) is 0 Å². The first-order valence-corrected chi connectivity index (χ1v) is 12.7. The van der Waals surface area contributed by atoms with Gasteiger partial charge in [-0.25, -0.2) is 9.78 Å². The summed E-state index contributed by atoms with van der Waals surface area (Å²) in [4.78, 5) is 47.4. The van der Waals surface area contributed by atoms with Gasteiger partial charge in [0, 0.05) is 25.2 Å². The van der Waals surface area contributed by atoms with Crippen molar-refractivity contribution in [3.63, 3.8) is 0 Å². The van der Waals surface area contributed by atoms with Crippen LogP contribution < -0.4 is 14.5 Å². The normalized spacial score (nSPS) is 15.3. The highest BCUT2D eigenvalue weighted by atomic mass is 32.1. The summed E-state index contributed by atoms with van der Waals surface area (Å²) in [6.07, 6.45) is 0. The number of rotatable bonds is 7. The van der Waals surface area contributed by atoms with E-state index in [1.165, 1.54) is 19.1 Å². The maximum absolute atomic E-state index is 13.9. The van der Waals surface area contributed by atoms with Crippen LogP contribution in [0.5, 0.6) is 5.75 Å². The first kappa shape index (κ1) is 26.0.